The van der Waals surface area contributed by atoms with Gasteiger partial charge in [0.05, 0.1) is 42.8 Å². The Kier molecular flexibility index (Phi) is 16.7. The number of rotatable bonds is 12. The molecule has 0 unspecified atom stereocenters. The Hall–Kier alpha value is -4.44. The second-order valence-corrected chi connectivity index (χ2v) is 16.8. The normalized spacial score (nSPS) is 14.5. The minimum atomic E-state index is -3.66. The Labute approximate surface area is 343 Å². The molecule has 2 aromatic carbocycles. The van der Waals surface area contributed by atoms with Crippen molar-refractivity contribution in [2.24, 2.45) is 0 Å². The fourth-order valence-electron chi connectivity index (χ4n) is 5.50. The molecule has 0 bridgehead atoms. The molecule has 0 atom stereocenters. The van der Waals surface area contributed by atoms with Crippen molar-refractivity contribution in [3.63, 3.8) is 0 Å². The third kappa shape index (κ3) is 13.3. The summed E-state index contributed by atoms with van der Waals surface area (Å²) in [6.07, 6.45) is 4.96. The summed E-state index contributed by atoms with van der Waals surface area (Å²) in [7, 11) is -2.90. The van der Waals surface area contributed by atoms with Crippen LogP contribution in [0.3, 0.4) is 0 Å². The zero-order valence-corrected chi connectivity index (χ0v) is 35.5. The second-order valence-electron chi connectivity index (χ2n) is 12.5. The Morgan fingerprint density at radius 2 is 1.51 bits per heavy atom. The number of carbonyl (C=O) groups excluding carboxylic acids is 2. The number of halogens is 2. The maximum Gasteiger partial charge on any atom is 0.327 e. The summed E-state index contributed by atoms with van der Waals surface area (Å²) in [6, 6.07) is 8.44. The van der Waals surface area contributed by atoms with Crippen LogP contribution in [-0.2, 0) is 25.0 Å². The molecule has 1 aromatic heterocycles. The molecule has 2 fully saturated rings. The number of hydrogen-bond donors (Lipinski definition) is 5. The third-order valence-electron chi connectivity index (χ3n) is 8.92. The summed E-state index contributed by atoms with van der Waals surface area (Å²) in [4.78, 5) is 40.4. The van der Waals surface area contributed by atoms with E-state index in [9.17, 15) is 26.4 Å². The summed E-state index contributed by atoms with van der Waals surface area (Å²) in [5, 5.41) is 9.10. The van der Waals surface area contributed by atoms with E-state index in [4.69, 9.17) is 41.8 Å². The number of benzene rings is 2. The van der Waals surface area contributed by atoms with Gasteiger partial charge in [0.25, 0.3) is 20.2 Å². The number of ether oxygens (including phenoxy) is 2. The van der Waals surface area contributed by atoms with Gasteiger partial charge in [0, 0.05) is 50.0 Å². The molecule has 18 nitrogen and oxygen atoms in total. The summed E-state index contributed by atoms with van der Waals surface area (Å²) in [5.74, 6) is 0.504. The molecule has 1 saturated carbocycles. The van der Waals surface area contributed by atoms with E-state index in [0.717, 1.165) is 31.9 Å². The van der Waals surface area contributed by atoms with Crippen molar-refractivity contribution in [3.8, 4) is 11.5 Å². The van der Waals surface area contributed by atoms with Crippen LogP contribution in [0.15, 0.2) is 49.3 Å². The molecule has 2 heterocycles. The van der Waals surface area contributed by atoms with Crippen LogP contribution in [0.2, 0.25) is 10.0 Å². The van der Waals surface area contributed by atoms with Gasteiger partial charge in [-0.1, -0.05) is 36.7 Å². The minimum Gasteiger partial charge on any atom is -0.495 e. The average Bonchev–Trinajstić information content (AvgIpc) is 3.95. The predicted octanol–water partition coefficient (Wildman–Crippen LogP) is 5.80. The number of anilines is 6. The van der Waals surface area contributed by atoms with Crippen LogP contribution >= 0.6 is 23.2 Å². The first-order valence-corrected chi connectivity index (χ1v) is 21.4. The van der Waals surface area contributed by atoms with Crippen LogP contribution in [0.5, 0.6) is 11.5 Å². The molecular formula is C35H48Cl2N8O10S2. The molecule has 0 radical (unpaired) electrons. The lowest BCUT2D eigenvalue weighted by molar-refractivity contribution is -0.111. The maximum atomic E-state index is 13.2. The van der Waals surface area contributed by atoms with Gasteiger partial charge in [0.15, 0.2) is 0 Å². The quantitative estimate of drug-likeness (QED) is 0.107. The first kappa shape index (κ1) is 46.9. The van der Waals surface area contributed by atoms with Gasteiger partial charge >= 0.3 is 6.03 Å². The summed E-state index contributed by atoms with van der Waals surface area (Å²) in [6.45, 7) is 12.4. The first-order chi connectivity index (χ1) is 26.7. The lowest BCUT2D eigenvalue weighted by Crippen LogP contribution is -2.54. The molecule has 1 aliphatic heterocycles. The highest BCUT2D eigenvalue weighted by Crippen LogP contribution is 2.46. The van der Waals surface area contributed by atoms with E-state index in [1.165, 1.54) is 71.3 Å². The van der Waals surface area contributed by atoms with Crippen LogP contribution < -0.4 is 35.2 Å². The third-order valence-corrected chi connectivity index (χ3v) is 11.1. The highest BCUT2D eigenvalue weighted by Gasteiger charge is 2.50. The summed E-state index contributed by atoms with van der Waals surface area (Å²) < 4.78 is 64.4. The number of nitrogens with one attached hydrogen (secondary N) is 3. The topological polar surface area (TPSA) is 233 Å². The number of urea groups is 1. The number of carbonyl (C=O) groups is 2. The van der Waals surface area contributed by atoms with Gasteiger partial charge < -0.3 is 30.3 Å². The van der Waals surface area contributed by atoms with Crippen molar-refractivity contribution in [2.75, 3.05) is 84.7 Å². The van der Waals surface area contributed by atoms with E-state index < -0.39 is 26.3 Å². The highest BCUT2D eigenvalue weighted by atomic mass is 35.5. The number of methoxy groups -OCH3 is 2. The minimum absolute atomic E-state index is 0.118. The van der Waals surface area contributed by atoms with Gasteiger partial charge in [-0.25, -0.2) is 14.8 Å². The van der Waals surface area contributed by atoms with Crippen molar-refractivity contribution in [1.82, 2.24) is 14.9 Å². The van der Waals surface area contributed by atoms with Gasteiger partial charge in [0.1, 0.15) is 39.5 Å². The number of likely N-dealkylation sites (N-methyl/N-ethyl adjacent to an activating group) is 1. The predicted molar refractivity (Wildman–Crippen MR) is 223 cm³/mol. The Morgan fingerprint density at radius 1 is 0.930 bits per heavy atom. The Bertz CT molecular complexity index is 2080. The van der Waals surface area contributed by atoms with Crippen molar-refractivity contribution in [1.29, 1.82) is 0 Å². The van der Waals surface area contributed by atoms with Crippen molar-refractivity contribution < 1.29 is 45.0 Å². The van der Waals surface area contributed by atoms with Gasteiger partial charge in [-0.05, 0) is 57.5 Å². The van der Waals surface area contributed by atoms with Crippen molar-refractivity contribution >= 4 is 89.8 Å². The lowest BCUT2D eigenvalue weighted by atomic mass is 10.1. The van der Waals surface area contributed by atoms with Crippen LogP contribution in [0.4, 0.5) is 39.2 Å². The molecule has 2 aliphatic rings. The van der Waals surface area contributed by atoms with Crippen LogP contribution in [0, 0.1) is 0 Å². The van der Waals surface area contributed by atoms with E-state index in [0.29, 0.717) is 17.2 Å². The van der Waals surface area contributed by atoms with Crippen LogP contribution in [0.25, 0.3) is 0 Å². The smallest absolute Gasteiger partial charge is 0.327 e. The van der Waals surface area contributed by atoms with Crippen LogP contribution in [0.1, 0.15) is 33.6 Å². The highest BCUT2D eigenvalue weighted by molar-refractivity contribution is 7.85. The fourth-order valence-corrected chi connectivity index (χ4v) is 6.09. The average molecular weight is 876 g/mol. The van der Waals surface area contributed by atoms with E-state index in [1.54, 1.807) is 6.07 Å². The monoisotopic (exact) mass is 874 g/mol. The van der Waals surface area contributed by atoms with Crippen molar-refractivity contribution in [3.05, 3.63) is 59.4 Å². The summed E-state index contributed by atoms with van der Waals surface area (Å²) >= 11 is 12.9. The molecule has 314 valence electrons. The lowest BCUT2D eigenvalue weighted by Gasteiger charge is -2.43. The number of piperazine rings is 1. The molecule has 1 saturated heterocycles. The molecule has 22 heteroatoms. The molecule has 5 N–H and O–H groups in total. The number of aromatic nitrogens is 2. The Balaban J connectivity index is 0.000000631. The van der Waals surface area contributed by atoms with E-state index >= 15 is 0 Å². The van der Waals surface area contributed by atoms with Gasteiger partial charge in [-0.3, -0.25) is 23.7 Å². The molecule has 3 aromatic rings. The zero-order chi connectivity index (χ0) is 42.7. The number of hydrogen-bond acceptors (Lipinski definition) is 13. The van der Waals surface area contributed by atoms with E-state index in [1.807, 2.05) is 18.2 Å². The van der Waals surface area contributed by atoms with Gasteiger partial charge in [-0.2, -0.15) is 16.8 Å². The zero-order valence-electron chi connectivity index (χ0n) is 32.4. The Morgan fingerprint density at radius 3 is 2.00 bits per heavy atom. The first-order valence-electron chi connectivity index (χ1n) is 17.5. The maximum absolute atomic E-state index is 13.2. The molecule has 1 spiro atoms. The number of nitrogens with zero attached hydrogens (tertiary/aromatic N) is 5. The van der Waals surface area contributed by atoms with Gasteiger partial charge in [-0.15, -0.1) is 0 Å². The standard InChI is InChI=1S/C31H36Cl2N8O4.2C2H6O3S/c1-6-26(42)37-21-14-19(40-12-13-41(7-2)31(17-40)10-11-31)8-9-20(21)36-24-16-25(35-18-34-24)39(3)30(43)38-29-27(32)22(44-4)15-23(45-5)28(29)33;2*1-2-6(3,4)5/h6,8-9,14-16,18H,1,7,10-13,17H2,2-5H3,(H,37,42)(H,38,43)(H,34,35,36);2*2H2,1H3,(H,3,4,5). The fraction of sp³-hybridized carbons (Fsp3) is 0.429. The largest absolute Gasteiger partial charge is 0.495 e. The summed E-state index contributed by atoms with van der Waals surface area (Å²) in [5.41, 5.74) is 2.58. The second kappa shape index (κ2) is 20.3. The van der Waals surface area contributed by atoms with Crippen LogP contribution in [-0.4, -0.2) is 117 Å². The number of amides is 3. The molecule has 1 aliphatic carbocycles. The van der Waals surface area contributed by atoms with Crippen molar-refractivity contribution in [2.45, 2.75) is 39.2 Å². The van der Waals surface area contributed by atoms with E-state index in [-0.39, 0.29) is 56.0 Å². The molecule has 3 amide bonds. The molecule has 5 rings (SSSR count). The molecular weight excluding hydrogens is 827 g/mol. The van der Waals surface area contributed by atoms with E-state index in [2.05, 4.69) is 49.2 Å². The molecule has 57 heavy (non-hydrogen) atoms. The van der Waals surface area contributed by atoms with Gasteiger partial charge in [0.2, 0.25) is 5.91 Å². The SMILES string of the molecule is C=CC(=O)Nc1cc(N2CCN(CC)C3(CC3)C2)ccc1Nc1cc(N(C)C(=O)Nc2c(Cl)c(OC)cc(OC)c2Cl)ncn1.CCS(=O)(=O)O.CCS(=O)(=O)O.